The molecule has 2 nitrogen and oxygen atoms in total. The molecule has 8 aromatic carbocycles. The van der Waals surface area contributed by atoms with Gasteiger partial charge in [-0.3, -0.25) is 0 Å². The van der Waals surface area contributed by atoms with Crippen molar-refractivity contribution in [1.29, 1.82) is 0 Å². The van der Waals surface area contributed by atoms with Crippen molar-refractivity contribution in [2.45, 2.75) is 52.4 Å². The molecule has 300 valence electrons. The van der Waals surface area contributed by atoms with Crippen LogP contribution in [0.1, 0.15) is 52.7 Å². The summed E-state index contributed by atoms with van der Waals surface area (Å²) in [6.45, 7) is 13.5. The first-order valence-corrected chi connectivity index (χ1v) is 20.9. The summed E-state index contributed by atoms with van der Waals surface area (Å²) in [7, 11) is 0. The first-order valence-electron chi connectivity index (χ1n) is 20.9. The summed E-state index contributed by atoms with van der Waals surface area (Å²) < 4.78 is 12.4. The Kier molecular flexibility index (Phi) is 11.7. The van der Waals surface area contributed by atoms with E-state index in [0.717, 1.165) is 45.3 Å². The Morgan fingerprint density at radius 3 is 1.07 bits per heavy atom. The molecule has 0 unspecified atom stereocenters. The molecule has 0 bridgehead atoms. The Labute approximate surface area is 379 Å². The SMILES string of the molecule is CC(C)(C)c1ccc(-c2cccc3[cH-]c(-c4ccc(-c5ccccc5)o4)cc23)cc1.CC(C)(C)c1ccc(-c2cccc3[cH-]c(-c4ccc(-c5ccccc5)o4)cc23)cc1.[Hf]. The maximum absolute atomic E-state index is 6.18. The van der Waals surface area contributed by atoms with E-state index in [1.165, 1.54) is 54.9 Å². The van der Waals surface area contributed by atoms with Gasteiger partial charge in [0.2, 0.25) is 0 Å². The number of fused-ring (bicyclic) bond motifs is 2. The van der Waals surface area contributed by atoms with Crippen LogP contribution >= 0.6 is 0 Å². The van der Waals surface area contributed by atoms with Gasteiger partial charge in [-0.1, -0.05) is 197 Å². The Morgan fingerprint density at radius 1 is 0.344 bits per heavy atom. The summed E-state index contributed by atoms with van der Waals surface area (Å²) >= 11 is 0. The third kappa shape index (κ3) is 8.90. The number of furan rings is 2. The van der Waals surface area contributed by atoms with E-state index >= 15 is 0 Å². The second-order valence-corrected chi connectivity index (χ2v) is 17.8. The van der Waals surface area contributed by atoms with Gasteiger partial charge in [-0.15, -0.1) is 57.9 Å². The van der Waals surface area contributed by atoms with Crippen LogP contribution in [0.4, 0.5) is 0 Å². The molecule has 61 heavy (non-hydrogen) atoms. The molecule has 0 saturated carbocycles. The Morgan fingerprint density at radius 2 is 0.705 bits per heavy atom. The van der Waals surface area contributed by atoms with Crippen molar-refractivity contribution < 1.29 is 34.7 Å². The first kappa shape index (κ1) is 41.7. The van der Waals surface area contributed by atoms with E-state index in [0.29, 0.717) is 0 Å². The molecule has 0 spiro atoms. The van der Waals surface area contributed by atoms with E-state index in [1.54, 1.807) is 0 Å². The van der Waals surface area contributed by atoms with E-state index < -0.39 is 0 Å². The first-order chi connectivity index (χ1) is 29.0. The van der Waals surface area contributed by atoms with Crippen molar-refractivity contribution in [2.75, 3.05) is 0 Å². The van der Waals surface area contributed by atoms with Gasteiger partial charge < -0.3 is 8.83 Å². The largest absolute Gasteiger partial charge is 0.491 e. The maximum atomic E-state index is 6.18. The molecule has 0 radical (unpaired) electrons. The van der Waals surface area contributed by atoms with Crippen LogP contribution < -0.4 is 0 Å². The summed E-state index contributed by atoms with van der Waals surface area (Å²) in [5, 5.41) is 4.99. The normalized spacial score (nSPS) is 11.6. The second-order valence-electron chi connectivity index (χ2n) is 17.8. The van der Waals surface area contributed by atoms with Crippen molar-refractivity contribution in [3.05, 3.63) is 205 Å². The molecule has 2 heterocycles. The molecule has 10 aromatic rings. The van der Waals surface area contributed by atoms with Crippen molar-refractivity contribution >= 4 is 21.5 Å². The summed E-state index contributed by atoms with van der Waals surface area (Å²) in [6, 6.07) is 68.6. The van der Waals surface area contributed by atoms with E-state index in [-0.39, 0.29) is 36.7 Å². The van der Waals surface area contributed by atoms with Gasteiger partial charge in [-0.25, -0.2) is 0 Å². The van der Waals surface area contributed by atoms with Gasteiger partial charge in [-0.05, 0) is 57.3 Å². The molecule has 0 fully saturated rings. The van der Waals surface area contributed by atoms with Crippen molar-refractivity contribution in [3.63, 3.8) is 0 Å². The molecule has 0 aliphatic rings. The predicted octanol–water partition coefficient (Wildman–Crippen LogP) is 16.9. The predicted molar refractivity (Wildman–Crippen MR) is 254 cm³/mol. The van der Waals surface area contributed by atoms with Gasteiger partial charge in [0.15, 0.2) is 0 Å². The molecule has 0 amide bonds. The second kappa shape index (κ2) is 17.1. The van der Waals surface area contributed by atoms with Crippen LogP contribution in [-0.4, -0.2) is 0 Å². The monoisotopic (exact) mass is 958 g/mol. The topological polar surface area (TPSA) is 26.3 Å². The van der Waals surface area contributed by atoms with Gasteiger partial charge in [0, 0.05) is 37.0 Å². The summed E-state index contributed by atoms with van der Waals surface area (Å²) in [5.41, 5.74) is 12.5. The van der Waals surface area contributed by atoms with Crippen LogP contribution in [0.3, 0.4) is 0 Å². The van der Waals surface area contributed by atoms with E-state index in [4.69, 9.17) is 8.83 Å². The van der Waals surface area contributed by atoms with E-state index in [9.17, 15) is 0 Å². The molecular weight excluding hydrogens is 907 g/mol. The van der Waals surface area contributed by atoms with Crippen molar-refractivity contribution in [2.24, 2.45) is 0 Å². The van der Waals surface area contributed by atoms with Crippen LogP contribution in [0, 0.1) is 0 Å². The van der Waals surface area contributed by atoms with Gasteiger partial charge >= 0.3 is 0 Å². The fourth-order valence-electron chi connectivity index (χ4n) is 8.06. The molecule has 0 aliphatic heterocycles. The Hall–Kier alpha value is -6.03. The fraction of sp³-hybridized carbons (Fsp3) is 0.138. The molecule has 10 rings (SSSR count). The minimum absolute atomic E-state index is 0. The summed E-state index contributed by atoms with van der Waals surface area (Å²) in [5.74, 6) is 3.60. The number of hydrogen-bond donors (Lipinski definition) is 0. The quantitative estimate of drug-likeness (QED) is 0.123. The fourth-order valence-corrected chi connectivity index (χ4v) is 8.06. The Bertz CT molecular complexity index is 2800. The molecule has 0 saturated heterocycles. The molecule has 2 aromatic heterocycles. The number of benzene rings is 6. The molecule has 0 atom stereocenters. The van der Waals surface area contributed by atoms with E-state index in [1.807, 2.05) is 36.4 Å². The zero-order valence-electron chi connectivity index (χ0n) is 35.8. The average molecular weight is 958 g/mol. The standard InChI is InChI=1S/2C29H25O.Hf/c2*1-29(2,3)24-14-12-20(13-15-24)25-11-7-10-22-18-23(19-26(22)25)28-17-16-27(30-28)21-8-5-4-6-9-21;/h2*4-19H,1-3H3;/q2*-1;. The molecule has 3 heteroatoms. The third-order valence-corrected chi connectivity index (χ3v) is 11.5. The smallest absolute Gasteiger partial charge is 0.123 e. The van der Waals surface area contributed by atoms with Gasteiger partial charge in [0.1, 0.15) is 11.5 Å². The van der Waals surface area contributed by atoms with Crippen LogP contribution in [0.25, 0.3) is 89.1 Å². The zero-order chi connectivity index (χ0) is 41.4. The number of hydrogen-bond acceptors (Lipinski definition) is 2. The van der Waals surface area contributed by atoms with Gasteiger partial charge in [0.25, 0.3) is 0 Å². The minimum atomic E-state index is 0. The van der Waals surface area contributed by atoms with Crippen LogP contribution in [0.2, 0.25) is 0 Å². The number of rotatable bonds is 6. The minimum Gasteiger partial charge on any atom is -0.491 e. The van der Waals surface area contributed by atoms with Crippen molar-refractivity contribution in [3.8, 4) is 67.5 Å². The summed E-state index contributed by atoms with van der Waals surface area (Å²) in [6.07, 6.45) is 0. The maximum Gasteiger partial charge on any atom is 0.123 e. The van der Waals surface area contributed by atoms with Gasteiger partial charge in [0.05, 0.1) is 11.5 Å². The van der Waals surface area contributed by atoms with Crippen LogP contribution in [0.5, 0.6) is 0 Å². The van der Waals surface area contributed by atoms with Crippen LogP contribution in [0.15, 0.2) is 203 Å². The van der Waals surface area contributed by atoms with Crippen molar-refractivity contribution in [1.82, 2.24) is 0 Å². The Balaban J connectivity index is 0.000000166. The molecule has 0 N–H and O–H groups in total. The molecular formula is C58H50HfO2-2. The van der Waals surface area contributed by atoms with Crippen LogP contribution in [-0.2, 0) is 36.7 Å². The van der Waals surface area contributed by atoms with E-state index in [2.05, 4.69) is 199 Å². The average Bonchev–Trinajstić information content (AvgIpc) is 4.10. The summed E-state index contributed by atoms with van der Waals surface area (Å²) in [4.78, 5) is 0. The zero-order valence-corrected chi connectivity index (χ0v) is 39.4. The third-order valence-electron chi connectivity index (χ3n) is 11.5. The molecule has 0 aliphatic carbocycles. The van der Waals surface area contributed by atoms with Gasteiger partial charge in [-0.2, -0.15) is 0 Å².